The van der Waals surface area contributed by atoms with Crippen LogP contribution in [0.2, 0.25) is 0 Å². The number of para-hydroxylation sites is 1. The summed E-state index contributed by atoms with van der Waals surface area (Å²) >= 11 is 0. The first-order chi connectivity index (χ1) is 9.70. The average Bonchev–Trinajstić information content (AvgIpc) is 2.43. The highest BCUT2D eigenvalue weighted by Crippen LogP contribution is 2.18. The lowest BCUT2D eigenvalue weighted by Gasteiger charge is -2.36. The van der Waals surface area contributed by atoms with E-state index in [-0.39, 0.29) is 24.2 Å². The quantitative estimate of drug-likeness (QED) is 0.700. The van der Waals surface area contributed by atoms with Crippen LogP contribution in [-0.2, 0) is 4.79 Å². The summed E-state index contributed by atoms with van der Waals surface area (Å²) in [5, 5.41) is 9.73. The average molecular weight is 275 g/mol. The molecule has 1 aromatic carbocycles. The first-order valence-corrected chi connectivity index (χ1v) is 7.58. The van der Waals surface area contributed by atoms with Gasteiger partial charge in [-0.1, -0.05) is 44.4 Å². The van der Waals surface area contributed by atoms with E-state index in [1.54, 1.807) is 0 Å². The molecular weight excluding hydrogens is 250 g/mol. The van der Waals surface area contributed by atoms with E-state index in [9.17, 15) is 4.79 Å². The Morgan fingerprint density at radius 2 is 1.95 bits per heavy atom. The van der Waals surface area contributed by atoms with Crippen LogP contribution in [0.25, 0.3) is 0 Å². The molecule has 1 aliphatic rings. The largest absolute Gasteiger partial charge is 0.353 e. The van der Waals surface area contributed by atoms with E-state index in [1.807, 2.05) is 30.3 Å². The Hall–Kier alpha value is -1.55. The van der Waals surface area contributed by atoms with Crippen molar-refractivity contribution >= 4 is 11.6 Å². The molecule has 2 rings (SSSR count). The molecule has 0 aliphatic carbocycles. The number of amides is 1. The minimum absolute atomic E-state index is 0.0790. The summed E-state index contributed by atoms with van der Waals surface area (Å²) in [5.41, 5.74) is 1.00. The molecule has 110 valence electrons. The van der Waals surface area contributed by atoms with Crippen molar-refractivity contribution in [1.82, 2.24) is 10.6 Å². The molecule has 3 N–H and O–H groups in total. The molecular formula is C16H25N3O. The lowest BCUT2D eigenvalue weighted by molar-refractivity contribution is -0.129. The van der Waals surface area contributed by atoms with Crippen LogP contribution < -0.4 is 16.0 Å². The molecule has 4 nitrogen and oxygen atoms in total. The molecule has 1 aromatic rings. The van der Waals surface area contributed by atoms with E-state index in [2.05, 4.69) is 29.8 Å². The third-order valence-electron chi connectivity index (χ3n) is 3.86. The minimum Gasteiger partial charge on any atom is -0.353 e. The van der Waals surface area contributed by atoms with Gasteiger partial charge in [-0.3, -0.25) is 10.1 Å². The fourth-order valence-electron chi connectivity index (χ4n) is 2.67. The van der Waals surface area contributed by atoms with Crippen molar-refractivity contribution in [3.8, 4) is 0 Å². The van der Waals surface area contributed by atoms with E-state index in [0.29, 0.717) is 0 Å². The van der Waals surface area contributed by atoms with Gasteiger partial charge >= 0.3 is 0 Å². The van der Waals surface area contributed by atoms with Crippen molar-refractivity contribution in [2.45, 2.75) is 51.9 Å². The zero-order valence-electron chi connectivity index (χ0n) is 12.4. The molecule has 3 unspecified atom stereocenters. The van der Waals surface area contributed by atoms with Gasteiger partial charge in [-0.15, -0.1) is 0 Å². The van der Waals surface area contributed by atoms with E-state index in [1.165, 1.54) is 12.8 Å². The topological polar surface area (TPSA) is 53.2 Å². The maximum absolute atomic E-state index is 12.2. The van der Waals surface area contributed by atoms with Crippen LogP contribution in [0.5, 0.6) is 0 Å². The van der Waals surface area contributed by atoms with Gasteiger partial charge < -0.3 is 10.6 Å². The number of benzene rings is 1. The van der Waals surface area contributed by atoms with E-state index < -0.39 is 0 Å². The van der Waals surface area contributed by atoms with Crippen LogP contribution in [0.15, 0.2) is 30.3 Å². The maximum Gasteiger partial charge on any atom is 0.227 e. The van der Waals surface area contributed by atoms with Gasteiger partial charge in [0.15, 0.2) is 6.29 Å². The Balaban J connectivity index is 1.87. The van der Waals surface area contributed by atoms with Gasteiger partial charge in [0.05, 0.1) is 5.92 Å². The third-order valence-corrected chi connectivity index (χ3v) is 3.86. The van der Waals surface area contributed by atoms with E-state index in [0.717, 1.165) is 18.5 Å². The summed E-state index contributed by atoms with van der Waals surface area (Å²) in [6.07, 6.45) is 4.28. The number of nitrogens with one attached hydrogen (secondary N) is 3. The van der Waals surface area contributed by atoms with Gasteiger partial charge in [0, 0.05) is 11.7 Å². The second-order valence-corrected chi connectivity index (χ2v) is 5.51. The van der Waals surface area contributed by atoms with Gasteiger partial charge in [-0.2, -0.15) is 0 Å². The smallest absolute Gasteiger partial charge is 0.227 e. The maximum atomic E-state index is 12.2. The number of carbonyl (C=O) groups excluding carboxylic acids is 1. The Morgan fingerprint density at radius 3 is 2.60 bits per heavy atom. The van der Waals surface area contributed by atoms with E-state index >= 15 is 0 Å². The minimum atomic E-state index is -0.192. The molecule has 1 fully saturated rings. The number of carbonyl (C=O) groups is 1. The second-order valence-electron chi connectivity index (χ2n) is 5.51. The zero-order valence-corrected chi connectivity index (χ0v) is 12.4. The first kappa shape index (κ1) is 14.9. The highest BCUT2D eigenvalue weighted by atomic mass is 16.2. The van der Waals surface area contributed by atoms with Crippen molar-refractivity contribution in [2.24, 2.45) is 5.92 Å². The molecule has 0 saturated carbocycles. The molecule has 1 heterocycles. The molecule has 20 heavy (non-hydrogen) atoms. The number of hydrogen-bond donors (Lipinski definition) is 3. The summed E-state index contributed by atoms with van der Waals surface area (Å²) in [7, 11) is 0. The molecule has 0 aromatic heterocycles. The Bertz CT molecular complexity index is 421. The zero-order chi connectivity index (χ0) is 14.4. The van der Waals surface area contributed by atoms with Crippen LogP contribution in [-0.4, -0.2) is 18.2 Å². The number of unbranched alkanes of at least 4 members (excludes halogenated alkanes) is 2. The van der Waals surface area contributed by atoms with Gasteiger partial charge in [0.2, 0.25) is 5.91 Å². The van der Waals surface area contributed by atoms with E-state index in [4.69, 9.17) is 0 Å². The van der Waals surface area contributed by atoms with Gasteiger partial charge in [0.25, 0.3) is 0 Å². The molecule has 0 radical (unpaired) electrons. The molecule has 0 spiro atoms. The molecule has 3 atom stereocenters. The lowest BCUT2D eigenvalue weighted by Crippen LogP contribution is -2.63. The first-order valence-electron chi connectivity index (χ1n) is 7.58. The normalized spacial score (nSPS) is 26.1. The summed E-state index contributed by atoms with van der Waals surface area (Å²) in [5.74, 6) is 0.233. The molecule has 4 heteroatoms. The van der Waals surface area contributed by atoms with Crippen LogP contribution in [0.4, 0.5) is 5.69 Å². The summed E-state index contributed by atoms with van der Waals surface area (Å²) in [4.78, 5) is 12.2. The fourth-order valence-corrected chi connectivity index (χ4v) is 2.67. The Labute approximate surface area is 121 Å². The van der Waals surface area contributed by atoms with Crippen molar-refractivity contribution in [1.29, 1.82) is 0 Å². The number of rotatable bonds is 6. The van der Waals surface area contributed by atoms with Crippen LogP contribution in [0.3, 0.4) is 0 Å². The molecule has 0 bridgehead atoms. The Morgan fingerprint density at radius 1 is 1.20 bits per heavy atom. The predicted molar refractivity (Wildman–Crippen MR) is 82.2 cm³/mol. The highest BCUT2D eigenvalue weighted by molar-refractivity contribution is 5.80. The summed E-state index contributed by atoms with van der Waals surface area (Å²) in [6, 6.07) is 10.1. The standard InChI is InChI=1S/C16H25N3O/c1-3-4-6-11-14-12(2)17-16(19-15(14)20)18-13-9-7-5-8-10-13/h5,7-10,12,14,16-18H,3-4,6,11H2,1-2H3,(H,19,20). The van der Waals surface area contributed by atoms with Crippen molar-refractivity contribution < 1.29 is 4.79 Å². The van der Waals surface area contributed by atoms with Crippen molar-refractivity contribution in [3.05, 3.63) is 30.3 Å². The highest BCUT2D eigenvalue weighted by Gasteiger charge is 2.32. The summed E-state index contributed by atoms with van der Waals surface area (Å²) < 4.78 is 0. The van der Waals surface area contributed by atoms with Crippen molar-refractivity contribution in [2.75, 3.05) is 5.32 Å². The molecule has 1 amide bonds. The van der Waals surface area contributed by atoms with Gasteiger partial charge in [-0.25, -0.2) is 0 Å². The van der Waals surface area contributed by atoms with Crippen LogP contribution >= 0.6 is 0 Å². The SMILES string of the molecule is CCCCCC1C(=O)NC(Nc2ccccc2)NC1C. The molecule has 1 saturated heterocycles. The fraction of sp³-hybridized carbons (Fsp3) is 0.562. The van der Waals surface area contributed by atoms with Gasteiger partial charge in [-0.05, 0) is 25.5 Å². The van der Waals surface area contributed by atoms with Crippen LogP contribution in [0.1, 0.15) is 39.5 Å². The van der Waals surface area contributed by atoms with Crippen molar-refractivity contribution in [3.63, 3.8) is 0 Å². The number of anilines is 1. The summed E-state index contributed by atoms with van der Waals surface area (Å²) in [6.45, 7) is 4.28. The molecule has 1 aliphatic heterocycles. The number of hydrogen-bond acceptors (Lipinski definition) is 3. The third kappa shape index (κ3) is 3.97. The van der Waals surface area contributed by atoms with Crippen LogP contribution in [0, 0.1) is 5.92 Å². The van der Waals surface area contributed by atoms with Gasteiger partial charge in [0.1, 0.15) is 0 Å². The monoisotopic (exact) mass is 275 g/mol. The second kappa shape index (κ2) is 7.29. The lowest BCUT2D eigenvalue weighted by atomic mass is 9.92. The Kier molecular flexibility index (Phi) is 5.41. The predicted octanol–water partition coefficient (Wildman–Crippen LogP) is 2.69.